The molecule has 0 saturated heterocycles. The van der Waals surface area contributed by atoms with Crippen LogP contribution in [0.4, 0.5) is 4.79 Å². The second-order valence-corrected chi connectivity index (χ2v) is 6.92. The molecule has 7 heteroatoms. The number of furan rings is 1. The first-order valence-corrected chi connectivity index (χ1v) is 8.80. The molecule has 3 rings (SSSR count). The van der Waals surface area contributed by atoms with Crippen molar-refractivity contribution in [1.29, 1.82) is 0 Å². The van der Waals surface area contributed by atoms with Crippen molar-refractivity contribution < 1.29 is 18.7 Å². The summed E-state index contributed by atoms with van der Waals surface area (Å²) >= 11 is 0. The molecule has 7 nitrogen and oxygen atoms in total. The molecule has 2 aromatic heterocycles. The van der Waals surface area contributed by atoms with Crippen LogP contribution in [0.25, 0.3) is 0 Å². The van der Waals surface area contributed by atoms with E-state index in [9.17, 15) is 9.59 Å². The molecule has 3 heterocycles. The number of methoxy groups -OCH3 is 1. The number of hydrogen-bond donors (Lipinski definition) is 0. The first kappa shape index (κ1) is 18.1. The maximum Gasteiger partial charge on any atom is 0.409 e. The van der Waals surface area contributed by atoms with Crippen LogP contribution >= 0.6 is 0 Å². The molecule has 2 amide bonds. The molecule has 0 aromatic carbocycles. The summed E-state index contributed by atoms with van der Waals surface area (Å²) in [6, 6.07) is 5.66. The van der Waals surface area contributed by atoms with Crippen LogP contribution in [0.1, 0.15) is 31.1 Å². The van der Waals surface area contributed by atoms with Gasteiger partial charge < -0.3 is 18.6 Å². The number of nitrogens with zero attached hydrogens (tertiary/aromatic N) is 3. The predicted molar refractivity (Wildman–Crippen MR) is 95.5 cm³/mol. The Hall–Kier alpha value is -2.70. The monoisotopic (exact) mass is 359 g/mol. The van der Waals surface area contributed by atoms with E-state index in [-0.39, 0.29) is 24.4 Å². The van der Waals surface area contributed by atoms with Gasteiger partial charge in [-0.3, -0.25) is 9.69 Å². The van der Waals surface area contributed by atoms with Crippen LogP contribution in [0.15, 0.2) is 41.3 Å². The molecule has 0 saturated carbocycles. The van der Waals surface area contributed by atoms with Crippen LogP contribution in [0.2, 0.25) is 0 Å². The summed E-state index contributed by atoms with van der Waals surface area (Å²) in [5.41, 5.74) is 1.96. The lowest BCUT2D eigenvalue weighted by molar-refractivity contribution is -0.134. The molecule has 0 radical (unpaired) electrons. The zero-order chi connectivity index (χ0) is 18.7. The highest BCUT2D eigenvalue weighted by Crippen LogP contribution is 2.32. The van der Waals surface area contributed by atoms with Gasteiger partial charge >= 0.3 is 6.09 Å². The molecule has 0 aliphatic carbocycles. The summed E-state index contributed by atoms with van der Waals surface area (Å²) < 4.78 is 12.2. The summed E-state index contributed by atoms with van der Waals surface area (Å²) in [6.45, 7) is 5.78. The maximum atomic E-state index is 13.1. The minimum Gasteiger partial charge on any atom is -0.472 e. The number of fused-ring (bicyclic) bond motifs is 1. The predicted octanol–water partition coefficient (Wildman–Crippen LogP) is 2.74. The van der Waals surface area contributed by atoms with Crippen molar-refractivity contribution in [1.82, 2.24) is 14.4 Å². The number of rotatable bonds is 5. The van der Waals surface area contributed by atoms with Crippen molar-refractivity contribution in [3.8, 4) is 0 Å². The van der Waals surface area contributed by atoms with Crippen LogP contribution < -0.4 is 0 Å². The summed E-state index contributed by atoms with van der Waals surface area (Å²) in [6.07, 6.45) is 4.82. The van der Waals surface area contributed by atoms with E-state index in [1.165, 1.54) is 12.0 Å². The van der Waals surface area contributed by atoms with Crippen molar-refractivity contribution in [2.24, 2.45) is 5.92 Å². The molecular weight excluding hydrogens is 334 g/mol. The fourth-order valence-electron chi connectivity index (χ4n) is 3.46. The zero-order valence-electron chi connectivity index (χ0n) is 15.4. The van der Waals surface area contributed by atoms with Crippen molar-refractivity contribution in [2.75, 3.05) is 26.7 Å². The average molecular weight is 359 g/mol. The van der Waals surface area contributed by atoms with Crippen LogP contribution in [0.3, 0.4) is 0 Å². The van der Waals surface area contributed by atoms with Crippen molar-refractivity contribution in [3.63, 3.8) is 0 Å². The Labute approximate surface area is 153 Å². The molecule has 0 N–H and O–H groups in total. The lowest BCUT2D eigenvalue weighted by atomic mass is 10.0. The number of ether oxygens (including phenoxy) is 1. The Morgan fingerprint density at radius 1 is 1.35 bits per heavy atom. The molecule has 0 bridgehead atoms. The Morgan fingerprint density at radius 3 is 2.81 bits per heavy atom. The van der Waals surface area contributed by atoms with E-state index < -0.39 is 6.09 Å². The third kappa shape index (κ3) is 3.61. The van der Waals surface area contributed by atoms with Gasteiger partial charge in [0, 0.05) is 37.1 Å². The minimum atomic E-state index is -0.479. The van der Waals surface area contributed by atoms with E-state index in [2.05, 4.69) is 4.57 Å². The first-order chi connectivity index (χ1) is 12.5. The van der Waals surface area contributed by atoms with E-state index in [1.54, 1.807) is 12.5 Å². The Balaban J connectivity index is 1.84. The highest BCUT2D eigenvalue weighted by molar-refractivity contribution is 5.83. The van der Waals surface area contributed by atoms with E-state index in [0.29, 0.717) is 13.1 Å². The molecule has 140 valence electrons. The highest BCUT2D eigenvalue weighted by Gasteiger charge is 2.34. The number of hydrogen-bond acceptors (Lipinski definition) is 4. The van der Waals surface area contributed by atoms with E-state index >= 15 is 0 Å². The fraction of sp³-hybridized carbons (Fsp3) is 0.474. The van der Waals surface area contributed by atoms with Gasteiger partial charge in [-0.25, -0.2) is 4.79 Å². The molecule has 1 aliphatic heterocycles. The number of aromatic nitrogens is 1. The molecule has 26 heavy (non-hydrogen) atoms. The number of amides is 2. The fourth-order valence-corrected chi connectivity index (χ4v) is 3.46. The van der Waals surface area contributed by atoms with E-state index in [0.717, 1.165) is 17.8 Å². The Kier molecular flexibility index (Phi) is 5.35. The lowest BCUT2D eigenvalue weighted by Gasteiger charge is -2.37. The molecule has 1 atom stereocenters. The summed E-state index contributed by atoms with van der Waals surface area (Å²) in [5.74, 6) is 0.139. The van der Waals surface area contributed by atoms with E-state index in [4.69, 9.17) is 9.15 Å². The van der Waals surface area contributed by atoms with Crippen LogP contribution in [0, 0.1) is 5.92 Å². The Bertz CT molecular complexity index is 751. The van der Waals surface area contributed by atoms with Gasteiger partial charge in [-0.05, 0) is 24.1 Å². The van der Waals surface area contributed by atoms with Gasteiger partial charge in [0.2, 0.25) is 5.91 Å². The summed E-state index contributed by atoms with van der Waals surface area (Å²) in [5, 5.41) is 0. The molecule has 0 spiro atoms. The number of carbonyl (C=O) groups is 2. The van der Waals surface area contributed by atoms with Gasteiger partial charge in [0.05, 0.1) is 19.6 Å². The SMILES string of the molecule is COC(=O)N(CC(=O)N1CCn2cccc2[C@H]1c1ccoc1)CC(C)C. The van der Waals surface area contributed by atoms with Crippen molar-refractivity contribution in [2.45, 2.75) is 26.4 Å². The largest absolute Gasteiger partial charge is 0.472 e. The molecule has 0 unspecified atom stereocenters. The highest BCUT2D eigenvalue weighted by atomic mass is 16.5. The topological polar surface area (TPSA) is 67.9 Å². The van der Waals surface area contributed by atoms with Crippen LogP contribution in [-0.2, 0) is 16.1 Å². The van der Waals surface area contributed by atoms with Gasteiger partial charge in [-0.1, -0.05) is 13.8 Å². The first-order valence-electron chi connectivity index (χ1n) is 8.80. The Morgan fingerprint density at radius 2 is 2.15 bits per heavy atom. The lowest BCUT2D eigenvalue weighted by Crippen LogP contribution is -2.48. The van der Waals surface area contributed by atoms with Crippen molar-refractivity contribution in [3.05, 3.63) is 48.2 Å². The third-order valence-corrected chi connectivity index (χ3v) is 4.56. The molecule has 1 aliphatic rings. The quantitative estimate of drug-likeness (QED) is 0.823. The van der Waals surface area contributed by atoms with Crippen LogP contribution in [0.5, 0.6) is 0 Å². The summed E-state index contributed by atoms with van der Waals surface area (Å²) in [4.78, 5) is 28.4. The van der Waals surface area contributed by atoms with Crippen molar-refractivity contribution >= 4 is 12.0 Å². The summed E-state index contributed by atoms with van der Waals surface area (Å²) in [7, 11) is 1.34. The second kappa shape index (κ2) is 7.68. The maximum absolute atomic E-state index is 13.1. The van der Waals surface area contributed by atoms with Gasteiger partial charge in [-0.15, -0.1) is 0 Å². The molecular formula is C19H25N3O4. The minimum absolute atomic E-state index is 0.0000860. The van der Waals surface area contributed by atoms with E-state index in [1.807, 2.05) is 43.1 Å². The second-order valence-electron chi connectivity index (χ2n) is 6.92. The van der Waals surface area contributed by atoms with Crippen LogP contribution in [-0.4, -0.2) is 53.1 Å². The van der Waals surface area contributed by atoms with Gasteiger partial charge in [0.15, 0.2) is 0 Å². The number of carbonyl (C=O) groups excluding carboxylic acids is 2. The molecule has 0 fully saturated rings. The zero-order valence-corrected chi connectivity index (χ0v) is 15.4. The van der Waals surface area contributed by atoms with Gasteiger partial charge in [-0.2, -0.15) is 0 Å². The van der Waals surface area contributed by atoms with Gasteiger partial charge in [0.1, 0.15) is 12.6 Å². The standard InChI is InChI=1S/C19H25N3O4/c1-14(2)11-21(19(24)25-3)12-17(23)22-9-8-20-7-4-5-16(20)18(22)15-6-10-26-13-15/h4-7,10,13-14,18H,8-9,11-12H2,1-3H3/t18-/m1/s1. The average Bonchev–Trinajstić information content (AvgIpc) is 3.30. The smallest absolute Gasteiger partial charge is 0.409 e. The molecule has 2 aromatic rings. The van der Waals surface area contributed by atoms with Gasteiger partial charge in [0.25, 0.3) is 0 Å². The normalized spacial score (nSPS) is 16.5. The third-order valence-electron chi connectivity index (χ3n) is 4.56.